The Morgan fingerprint density at radius 3 is 2.82 bits per heavy atom. The molecule has 1 aliphatic rings. The molecule has 0 unspecified atom stereocenters. The van der Waals surface area contributed by atoms with Crippen LogP contribution < -0.4 is 5.32 Å². The number of benzene rings is 1. The van der Waals surface area contributed by atoms with E-state index < -0.39 is 0 Å². The summed E-state index contributed by atoms with van der Waals surface area (Å²) in [6.07, 6.45) is 1.67. The van der Waals surface area contributed by atoms with Gasteiger partial charge in [-0.2, -0.15) is 0 Å². The lowest BCUT2D eigenvalue weighted by molar-refractivity contribution is -0.130. The number of halogens is 1. The Hall–Kier alpha value is -1.42. The molecule has 0 aromatic heterocycles. The second-order valence-corrected chi connectivity index (χ2v) is 4.64. The van der Waals surface area contributed by atoms with Gasteiger partial charge in [-0.15, -0.1) is 0 Å². The second-order valence-electron chi connectivity index (χ2n) is 4.64. The molecule has 1 aromatic rings. The number of carbonyl (C=O) groups excluding carboxylic acids is 1. The number of carbonyl (C=O) groups is 1. The van der Waals surface area contributed by atoms with E-state index in [9.17, 15) is 9.18 Å². The van der Waals surface area contributed by atoms with Gasteiger partial charge in [0.1, 0.15) is 5.82 Å². The summed E-state index contributed by atoms with van der Waals surface area (Å²) in [6, 6.07) is 6.50. The Morgan fingerprint density at radius 2 is 2.18 bits per heavy atom. The van der Waals surface area contributed by atoms with E-state index in [2.05, 4.69) is 5.32 Å². The van der Waals surface area contributed by atoms with Crippen LogP contribution in [0.5, 0.6) is 0 Å². The molecule has 1 fully saturated rings. The van der Waals surface area contributed by atoms with Crippen LogP contribution in [0.25, 0.3) is 0 Å². The fourth-order valence-corrected chi connectivity index (χ4v) is 2.24. The van der Waals surface area contributed by atoms with Gasteiger partial charge < -0.3 is 4.90 Å². The molecule has 2 atom stereocenters. The Balaban J connectivity index is 2.05. The van der Waals surface area contributed by atoms with Crippen molar-refractivity contribution in [3.63, 3.8) is 0 Å². The van der Waals surface area contributed by atoms with E-state index in [1.807, 2.05) is 6.07 Å². The van der Waals surface area contributed by atoms with Crippen LogP contribution in [0.2, 0.25) is 0 Å². The van der Waals surface area contributed by atoms with Gasteiger partial charge in [0, 0.05) is 20.1 Å². The lowest BCUT2D eigenvalue weighted by Crippen LogP contribution is -2.40. The zero-order valence-electron chi connectivity index (χ0n) is 10.1. The predicted molar refractivity (Wildman–Crippen MR) is 64.0 cm³/mol. The van der Waals surface area contributed by atoms with Gasteiger partial charge in [0.25, 0.3) is 0 Å². The molecule has 92 valence electrons. The number of hydrogen-bond donors (Lipinski definition) is 1. The van der Waals surface area contributed by atoms with Crippen molar-refractivity contribution in [3.8, 4) is 0 Å². The smallest absolute Gasteiger partial charge is 0.239 e. The van der Waals surface area contributed by atoms with Gasteiger partial charge in [-0.25, -0.2) is 4.39 Å². The van der Waals surface area contributed by atoms with Crippen LogP contribution in [0.15, 0.2) is 24.3 Å². The number of amides is 1. The third-order valence-electron chi connectivity index (χ3n) is 3.14. The predicted octanol–water partition coefficient (Wildman–Crippen LogP) is 1.71. The van der Waals surface area contributed by atoms with Crippen LogP contribution >= 0.6 is 0 Å². The quantitative estimate of drug-likeness (QED) is 0.847. The molecular weight excluding hydrogens is 219 g/mol. The van der Waals surface area contributed by atoms with Gasteiger partial charge in [-0.05, 0) is 30.5 Å². The van der Waals surface area contributed by atoms with Gasteiger partial charge in [0.05, 0.1) is 6.04 Å². The molecule has 0 saturated carbocycles. The molecule has 0 radical (unpaired) electrons. The number of rotatable bonds is 2. The van der Waals surface area contributed by atoms with Crippen molar-refractivity contribution in [2.45, 2.75) is 24.9 Å². The van der Waals surface area contributed by atoms with Gasteiger partial charge in [-0.3, -0.25) is 10.1 Å². The van der Waals surface area contributed by atoms with Crippen molar-refractivity contribution in [3.05, 3.63) is 35.6 Å². The summed E-state index contributed by atoms with van der Waals surface area (Å²) in [5.74, 6) is -0.143. The molecule has 4 heteroatoms. The highest BCUT2D eigenvalue weighted by Crippen LogP contribution is 2.27. The fourth-order valence-electron chi connectivity index (χ4n) is 2.24. The summed E-state index contributed by atoms with van der Waals surface area (Å²) < 4.78 is 13.1. The first-order chi connectivity index (χ1) is 8.08. The van der Waals surface area contributed by atoms with Gasteiger partial charge in [0.15, 0.2) is 0 Å². The first-order valence-corrected chi connectivity index (χ1v) is 5.80. The van der Waals surface area contributed by atoms with Crippen molar-refractivity contribution in [1.82, 2.24) is 10.2 Å². The lowest BCUT2D eigenvalue weighted by atomic mass is 10.1. The maximum Gasteiger partial charge on any atom is 0.239 e. The Kier molecular flexibility index (Phi) is 3.43. The molecule has 1 heterocycles. The highest BCUT2D eigenvalue weighted by Gasteiger charge is 2.30. The highest BCUT2D eigenvalue weighted by atomic mass is 19.1. The number of likely N-dealkylation sites (N-methyl/N-ethyl adjacent to an activating group) is 1. The van der Waals surface area contributed by atoms with E-state index in [1.54, 1.807) is 25.1 Å². The molecule has 0 aliphatic carbocycles. The standard InChI is InChI=1S/C13H17FN2O/c1-16(2)13(17)12-7-6-11(15-12)9-4-3-5-10(14)8-9/h3-5,8,11-12,15H,6-7H2,1-2H3/t11-,12+/m0/s1. The van der Waals surface area contributed by atoms with E-state index in [1.165, 1.54) is 12.1 Å². The van der Waals surface area contributed by atoms with Crippen LogP contribution in [0.4, 0.5) is 4.39 Å². The topological polar surface area (TPSA) is 32.3 Å². The first kappa shape index (κ1) is 12.0. The van der Waals surface area contributed by atoms with E-state index in [4.69, 9.17) is 0 Å². The normalized spacial score (nSPS) is 23.7. The largest absolute Gasteiger partial charge is 0.347 e. The van der Waals surface area contributed by atoms with Gasteiger partial charge in [-0.1, -0.05) is 12.1 Å². The summed E-state index contributed by atoms with van der Waals surface area (Å²) in [5, 5.41) is 3.26. The Labute approximate surface area is 101 Å². The minimum absolute atomic E-state index is 0.0830. The highest BCUT2D eigenvalue weighted by molar-refractivity contribution is 5.81. The van der Waals surface area contributed by atoms with Crippen molar-refractivity contribution < 1.29 is 9.18 Å². The molecule has 1 amide bonds. The molecule has 1 aliphatic heterocycles. The average Bonchev–Trinajstić information content (AvgIpc) is 2.77. The van der Waals surface area contributed by atoms with Crippen molar-refractivity contribution >= 4 is 5.91 Å². The Bertz CT molecular complexity index is 420. The zero-order chi connectivity index (χ0) is 12.4. The van der Waals surface area contributed by atoms with Crippen molar-refractivity contribution in [2.75, 3.05) is 14.1 Å². The number of nitrogens with zero attached hydrogens (tertiary/aromatic N) is 1. The molecular formula is C13H17FN2O. The van der Waals surface area contributed by atoms with E-state index in [0.29, 0.717) is 0 Å². The van der Waals surface area contributed by atoms with Gasteiger partial charge >= 0.3 is 0 Å². The minimum Gasteiger partial charge on any atom is -0.347 e. The van der Waals surface area contributed by atoms with Crippen LogP contribution in [-0.4, -0.2) is 30.9 Å². The lowest BCUT2D eigenvalue weighted by Gasteiger charge is -2.18. The van der Waals surface area contributed by atoms with Crippen LogP contribution in [0.1, 0.15) is 24.4 Å². The molecule has 3 nitrogen and oxygen atoms in total. The minimum atomic E-state index is -0.230. The maximum atomic E-state index is 13.1. The van der Waals surface area contributed by atoms with Crippen LogP contribution in [0, 0.1) is 5.82 Å². The molecule has 0 spiro atoms. The van der Waals surface area contributed by atoms with Crippen LogP contribution in [-0.2, 0) is 4.79 Å². The van der Waals surface area contributed by atoms with Gasteiger partial charge in [0.2, 0.25) is 5.91 Å². The Morgan fingerprint density at radius 1 is 1.41 bits per heavy atom. The first-order valence-electron chi connectivity index (χ1n) is 5.80. The third kappa shape index (κ3) is 2.64. The third-order valence-corrected chi connectivity index (χ3v) is 3.14. The summed E-state index contributed by atoms with van der Waals surface area (Å²) >= 11 is 0. The van der Waals surface area contributed by atoms with E-state index >= 15 is 0 Å². The summed E-state index contributed by atoms with van der Waals surface area (Å²) in [6.45, 7) is 0. The molecule has 17 heavy (non-hydrogen) atoms. The summed E-state index contributed by atoms with van der Waals surface area (Å²) in [4.78, 5) is 13.4. The second kappa shape index (κ2) is 4.84. The zero-order valence-corrected chi connectivity index (χ0v) is 10.1. The molecule has 1 N–H and O–H groups in total. The van der Waals surface area contributed by atoms with Crippen LogP contribution in [0.3, 0.4) is 0 Å². The van der Waals surface area contributed by atoms with E-state index in [-0.39, 0.29) is 23.8 Å². The monoisotopic (exact) mass is 236 g/mol. The van der Waals surface area contributed by atoms with Crippen molar-refractivity contribution in [1.29, 1.82) is 0 Å². The molecule has 0 bridgehead atoms. The molecule has 1 saturated heterocycles. The number of hydrogen-bond acceptors (Lipinski definition) is 2. The summed E-state index contributed by atoms with van der Waals surface area (Å²) in [5.41, 5.74) is 0.916. The van der Waals surface area contributed by atoms with E-state index in [0.717, 1.165) is 18.4 Å². The fraction of sp³-hybridized carbons (Fsp3) is 0.462. The number of nitrogens with one attached hydrogen (secondary N) is 1. The summed E-state index contributed by atoms with van der Waals surface area (Å²) in [7, 11) is 3.50. The molecule has 2 rings (SSSR count). The van der Waals surface area contributed by atoms with Crippen molar-refractivity contribution in [2.24, 2.45) is 0 Å². The maximum absolute atomic E-state index is 13.1. The molecule has 1 aromatic carbocycles. The SMILES string of the molecule is CN(C)C(=O)[C@H]1CC[C@@H](c2cccc(F)c2)N1. The average molecular weight is 236 g/mol.